The van der Waals surface area contributed by atoms with Crippen molar-refractivity contribution >= 4 is 28.9 Å². The van der Waals surface area contributed by atoms with Crippen molar-refractivity contribution in [2.24, 2.45) is 0 Å². The van der Waals surface area contributed by atoms with Gasteiger partial charge in [-0.25, -0.2) is 4.39 Å². The van der Waals surface area contributed by atoms with E-state index < -0.39 is 4.18 Å². The third-order valence-corrected chi connectivity index (χ3v) is 0.396. The highest BCUT2D eigenvalue weighted by Crippen LogP contribution is 1.93. The third kappa shape index (κ3) is 4.33. The highest BCUT2D eigenvalue weighted by Gasteiger charge is 1.88. The standard InChI is InChI=1S/C2H2FIO/c3-2(4)1-5/h1-2H. The first kappa shape index (κ1) is 5.33. The lowest BCUT2D eigenvalue weighted by molar-refractivity contribution is -0.109. The minimum absolute atomic E-state index is 0.237. The monoisotopic (exact) mass is 188 g/mol. The van der Waals surface area contributed by atoms with Crippen molar-refractivity contribution in [2.45, 2.75) is 4.18 Å². The van der Waals surface area contributed by atoms with E-state index in [0.717, 1.165) is 0 Å². The first-order valence-electron chi connectivity index (χ1n) is 1.01. The molecule has 0 rings (SSSR count). The Labute approximate surface area is 42.7 Å². The SMILES string of the molecule is O=CC(F)I. The average molecular weight is 188 g/mol. The van der Waals surface area contributed by atoms with E-state index in [0.29, 0.717) is 0 Å². The molecule has 0 radical (unpaired) electrons. The molecule has 0 bridgehead atoms. The second-order valence-corrected chi connectivity index (χ2v) is 1.66. The van der Waals surface area contributed by atoms with Gasteiger partial charge in [0.2, 0.25) is 4.18 Å². The summed E-state index contributed by atoms with van der Waals surface area (Å²) in [5.74, 6) is 0. The van der Waals surface area contributed by atoms with Crippen LogP contribution in [0.2, 0.25) is 0 Å². The van der Waals surface area contributed by atoms with Gasteiger partial charge in [0.1, 0.15) is 0 Å². The molecular weight excluding hydrogens is 186 g/mol. The summed E-state index contributed by atoms with van der Waals surface area (Å²) in [6.45, 7) is 0. The van der Waals surface area contributed by atoms with Gasteiger partial charge in [0, 0.05) is 0 Å². The van der Waals surface area contributed by atoms with Crippen LogP contribution >= 0.6 is 22.6 Å². The fourth-order valence-corrected chi connectivity index (χ4v) is 0. The second-order valence-electron chi connectivity index (χ2n) is 0.471. The zero-order valence-electron chi connectivity index (χ0n) is 2.32. The van der Waals surface area contributed by atoms with Crippen LogP contribution in [0.5, 0.6) is 0 Å². The zero-order valence-corrected chi connectivity index (χ0v) is 4.48. The predicted octanol–water partition coefficient (Wildman–Crippen LogP) is 0.916. The van der Waals surface area contributed by atoms with E-state index in [2.05, 4.69) is 0 Å². The van der Waals surface area contributed by atoms with Gasteiger partial charge in [-0.15, -0.1) is 0 Å². The Morgan fingerprint density at radius 3 is 2.20 bits per heavy atom. The summed E-state index contributed by atoms with van der Waals surface area (Å²) < 4.78 is 9.72. The van der Waals surface area contributed by atoms with Gasteiger partial charge >= 0.3 is 0 Å². The van der Waals surface area contributed by atoms with Crippen LogP contribution in [0.4, 0.5) is 4.39 Å². The first-order valence-corrected chi connectivity index (χ1v) is 2.25. The quantitative estimate of drug-likeness (QED) is 0.339. The molecule has 0 heterocycles. The smallest absolute Gasteiger partial charge is 0.205 e. The average Bonchev–Trinajstić information content (AvgIpc) is 1.38. The van der Waals surface area contributed by atoms with Crippen molar-refractivity contribution < 1.29 is 9.18 Å². The van der Waals surface area contributed by atoms with Crippen LogP contribution in [0.15, 0.2) is 0 Å². The van der Waals surface area contributed by atoms with Crippen LogP contribution in [0.1, 0.15) is 0 Å². The van der Waals surface area contributed by atoms with Crippen molar-refractivity contribution in [3.05, 3.63) is 0 Å². The van der Waals surface area contributed by atoms with Crippen molar-refractivity contribution in [3.8, 4) is 0 Å². The molecule has 0 saturated carbocycles. The molecule has 0 aliphatic carbocycles. The number of hydrogen-bond acceptors (Lipinski definition) is 1. The Balaban J connectivity index is 2.83. The number of alkyl halides is 2. The Hall–Kier alpha value is 0.330. The maximum atomic E-state index is 11.0. The van der Waals surface area contributed by atoms with Crippen LogP contribution in [0.3, 0.4) is 0 Å². The van der Waals surface area contributed by atoms with E-state index in [1.54, 1.807) is 0 Å². The summed E-state index contributed by atoms with van der Waals surface area (Å²) in [6, 6.07) is 0. The fraction of sp³-hybridized carbons (Fsp3) is 0.500. The summed E-state index contributed by atoms with van der Waals surface area (Å²) in [5, 5.41) is 0. The molecule has 1 atom stereocenters. The van der Waals surface area contributed by atoms with E-state index in [1.165, 1.54) is 22.6 Å². The highest BCUT2D eigenvalue weighted by atomic mass is 127. The Morgan fingerprint density at radius 1 is 2.00 bits per heavy atom. The molecule has 0 spiro atoms. The molecule has 30 valence electrons. The van der Waals surface area contributed by atoms with Gasteiger partial charge in [-0.05, 0) is 22.6 Å². The van der Waals surface area contributed by atoms with Crippen molar-refractivity contribution in [3.63, 3.8) is 0 Å². The minimum Gasteiger partial charge on any atom is -0.299 e. The summed E-state index contributed by atoms with van der Waals surface area (Å²) in [7, 11) is 0. The lowest BCUT2D eigenvalue weighted by atomic mass is 10.9. The van der Waals surface area contributed by atoms with Crippen LogP contribution in [-0.2, 0) is 4.79 Å². The molecule has 0 saturated heterocycles. The van der Waals surface area contributed by atoms with Gasteiger partial charge in [0.15, 0.2) is 6.29 Å². The number of aldehydes is 1. The molecular formula is C2H2FIO. The van der Waals surface area contributed by atoms with E-state index in [1.807, 2.05) is 0 Å². The number of rotatable bonds is 1. The molecule has 0 aliphatic rings. The normalized spacial score (nSPS) is 14.0. The number of carbonyl (C=O) groups is 1. The van der Waals surface area contributed by atoms with E-state index in [9.17, 15) is 4.39 Å². The molecule has 0 aliphatic heterocycles. The molecule has 0 fully saturated rings. The fourth-order valence-electron chi connectivity index (χ4n) is 0. The Bertz CT molecular complexity index is 36.6. The maximum absolute atomic E-state index is 11.0. The molecule has 0 amide bonds. The number of halogens is 2. The summed E-state index contributed by atoms with van der Waals surface area (Å²) in [6.07, 6.45) is 0.237. The first-order chi connectivity index (χ1) is 2.27. The van der Waals surface area contributed by atoms with Crippen LogP contribution < -0.4 is 0 Å². The molecule has 3 heteroatoms. The molecule has 0 aromatic rings. The molecule has 1 nitrogen and oxygen atoms in total. The molecule has 5 heavy (non-hydrogen) atoms. The topological polar surface area (TPSA) is 17.1 Å². The van der Waals surface area contributed by atoms with E-state index in [4.69, 9.17) is 4.79 Å². The van der Waals surface area contributed by atoms with Gasteiger partial charge in [-0.1, -0.05) is 0 Å². The van der Waals surface area contributed by atoms with E-state index >= 15 is 0 Å². The largest absolute Gasteiger partial charge is 0.299 e. The number of hydrogen-bond donors (Lipinski definition) is 0. The minimum atomic E-state index is -1.33. The van der Waals surface area contributed by atoms with Crippen molar-refractivity contribution in [2.75, 3.05) is 0 Å². The van der Waals surface area contributed by atoms with Gasteiger partial charge < -0.3 is 0 Å². The zero-order chi connectivity index (χ0) is 4.28. The molecule has 0 aromatic heterocycles. The summed E-state index contributed by atoms with van der Waals surface area (Å²) in [5.41, 5.74) is 0. The summed E-state index contributed by atoms with van der Waals surface area (Å²) >= 11 is 1.37. The Kier molecular flexibility index (Phi) is 2.73. The summed E-state index contributed by atoms with van der Waals surface area (Å²) in [4.78, 5) is 9.12. The van der Waals surface area contributed by atoms with Crippen LogP contribution in [-0.4, -0.2) is 10.5 Å². The van der Waals surface area contributed by atoms with Gasteiger partial charge in [-0.3, -0.25) is 4.79 Å². The highest BCUT2D eigenvalue weighted by molar-refractivity contribution is 14.1. The van der Waals surface area contributed by atoms with Gasteiger partial charge in [0.25, 0.3) is 0 Å². The third-order valence-electron chi connectivity index (χ3n) is 0.103. The lowest BCUT2D eigenvalue weighted by Gasteiger charge is -1.72. The maximum Gasteiger partial charge on any atom is 0.205 e. The van der Waals surface area contributed by atoms with Crippen LogP contribution in [0.25, 0.3) is 0 Å². The number of carbonyl (C=O) groups excluding carboxylic acids is 1. The van der Waals surface area contributed by atoms with Crippen molar-refractivity contribution in [1.29, 1.82) is 0 Å². The van der Waals surface area contributed by atoms with Gasteiger partial charge in [0.05, 0.1) is 0 Å². The second kappa shape index (κ2) is 2.56. The molecule has 0 N–H and O–H groups in total. The Morgan fingerprint density at radius 2 is 2.20 bits per heavy atom. The van der Waals surface area contributed by atoms with Crippen LogP contribution in [0, 0.1) is 0 Å². The predicted molar refractivity (Wildman–Crippen MR) is 25.0 cm³/mol. The van der Waals surface area contributed by atoms with Gasteiger partial charge in [-0.2, -0.15) is 0 Å². The molecule has 0 aromatic carbocycles. The lowest BCUT2D eigenvalue weighted by Crippen LogP contribution is -1.82. The molecule has 1 unspecified atom stereocenters. The van der Waals surface area contributed by atoms with Crippen molar-refractivity contribution in [1.82, 2.24) is 0 Å². The van der Waals surface area contributed by atoms with E-state index in [-0.39, 0.29) is 6.29 Å².